The number of amides is 2. The zero-order valence-corrected chi connectivity index (χ0v) is 16.9. The predicted octanol–water partition coefficient (Wildman–Crippen LogP) is 4.87. The van der Waals surface area contributed by atoms with Gasteiger partial charge in [0.15, 0.2) is 0 Å². The summed E-state index contributed by atoms with van der Waals surface area (Å²) in [7, 11) is 3.11. The molecule has 164 valence electrons. The molecular weight excluding hydrogens is 413 g/mol. The maximum Gasteiger partial charge on any atom is 0.416 e. The van der Waals surface area contributed by atoms with Crippen LogP contribution in [0.5, 0.6) is 5.75 Å². The first-order valence-corrected chi connectivity index (χ1v) is 9.26. The minimum absolute atomic E-state index is 0.00958. The fourth-order valence-corrected chi connectivity index (χ4v) is 2.93. The zero-order valence-electron chi connectivity index (χ0n) is 16.9. The molecule has 10 heteroatoms. The first-order chi connectivity index (χ1) is 14.8. The Labute approximate surface area is 176 Å². The van der Waals surface area contributed by atoms with Gasteiger partial charge in [-0.15, -0.1) is 0 Å². The fourth-order valence-electron chi connectivity index (χ4n) is 2.93. The van der Waals surface area contributed by atoms with E-state index in [1.807, 2.05) is 18.2 Å². The lowest BCUT2D eigenvalue weighted by molar-refractivity contribution is -0.137. The average Bonchev–Trinajstić information content (AvgIpc) is 3.14. The SMILES string of the molecule is COCCn1c(-c2cccc(OC)c2)cnc1NC(=O)Nc1cccc(C(F)(F)F)c1. The van der Waals surface area contributed by atoms with E-state index in [1.165, 1.54) is 12.1 Å². The number of aromatic nitrogens is 2. The van der Waals surface area contributed by atoms with E-state index in [2.05, 4.69) is 15.6 Å². The van der Waals surface area contributed by atoms with Crippen LogP contribution in [-0.4, -0.2) is 36.4 Å². The highest BCUT2D eigenvalue weighted by molar-refractivity contribution is 5.99. The summed E-state index contributed by atoms with van der Waals surface area (Å²) in [4.78, 5) is 16.7. The van der Waals surface area contributed by atoms with Crippen molar-refractivity contribution in [1.29, 1.82) is 0 Å². The average molecular weight is 434 g/mol. The largest absolute Gasteiger partial charge is 0.497 e. The standard InChI is InChI=1S/C21H21F3N4O3/c1-30-10-9-28-18(14-5-3-8-17(11-14)31-2)13-25-19(28)27-20(29)26-16-7-4-6-15(12-16)21(22,23)24/h3-8,11-13H,9-10H2,1-2H3,(H2,25,26,27,29). The Kier molecular flexibility index (Phi) is 6.81. The van der Waals surface area contributed by atoms with Gasteiger partial charge in [0, 0.05) is 24.9 Å². The molecule has 0 unspecified atom stereocenters. The fraction of sp³-hybridized carbons (Fsp3) is 0.238. The molecule has 2 N–H and O–H groups in total. The molecule has 31 heavy (non-hydrogen) atoms. The third-order valence-electron chi connectivity index (χ3n) is 4.41. The number of halogens is 3. The lowest BCUT2D eigenvalue weighted by Gasteiger charge is -2.14. The number of carbonyl (C=O) groups excluding carboxylic acids is 1. The van der Waals surface area contributed by atoms with Gasteiger partial charge >= 0.3 is 12.2 Å². The number of imidazole rings is 1. The Morgan fingerprint density at radius 1 is 1.10 bits per heavy atom. The highest BCUT2D eigenvalue weighted by atomic mass is 19.4. The Balaban J connectivity index is 1.82. The van der Waals surface area contributed by atoms with Crippen molar-refractivity contribution in [2.75, 3.05) is 31.5 Å². The molecule has 0 aliphatic carbocycles. The maximum atomic E-state index is 12.9. The third-order valence-corrected chi connectivity index (χ3v) is 4.41. The summed E-state index contributed by atoms with van der Waals surface area (Å²) in [6.07, 6.45) is -2.92. The molecule has 0 fully saturated rings. The Bertz CT molecular complexity index is 1050. The van der Waals surface area contributed by atoms with Crippen molar-refractivity contribution in [2.45, 2.75) is 12.7 Å². The molecule has 0 bridgehead atoms. The number of ether oxygens (including phenoxy) is 2. The van der Waals surface area contributed by atoms with Gasteiger partial charge in [0.05, 0.1) is 31.2 Å². The van der Waals surface area contributed by atoms with Gasteiger partial charge in [-0.25, -0.2) is 9.78 Å². The molecule has 0 radical (unpaired) electrons. The molecule has 0 aliphatic rings. The molecular formula is C21H21F3N4O3. The monoisotopic (exact) mass is 434 g/mol. The van der Waals surface area contributed by atoms with E-state index in [1.54, 1.807) is 31.0 Å². The molecule has 0 aliphatic heterocycles. The molecule has 2 amide bonds. The normalized spacial score (nSPS) is 11.3. The molecule has 1 aromatic heterocycles. The van der Waals surface area contributed by atoms with Gasteiger partial charge < -0.3 is 19.4 Å². The van der Waals surface area contributed by atoms with E-state index in [-0.39, 0.29) is 11.6 Å². The lowest BCUT2D eigenvalue weighted by atomic mass is 10.1. The van der Waals surface area contributed by atoms with E-state index in [0.717, 1.165) is 17.7 Å². The second-order valence-corrected chi connectivity index (χ2v) is 6.50. The number of nitrogens with zero attached hydrogens (tertiary/aromatic N) is 2. The second-order valence-electron chi connectivity index (χ2n) is 6.50. The van der Waals surface area contributed by atoms with Crippen molar-refractivity contribution in [3.8, 4) is 17.0 Å². The summed E-state index contributed by atoms with van der Waals surface area (Å²) >= 11 is 0. The summed E-state index contributed by atoms with van der Waals surface area (Å²) in [6, 6.07) is 11.0. The molecule has 0 spiro atoms. The molecule has 1 heterocycles. The van der Waals surface area contributed by atoms with Crippen LogP contribution in [0.25, 0.3) is 11.3 Å². The van der Waals surface area contributed by atoms with Crippen LogP contribution in [0.2, 0.25) is 0 Å². The lowest BCUT2D eigenvalue weighted by Crippen LogP contribution is -2.23. The Morgan fingerprint density at radius 3 is 2.58 bits per heavy atom. The van der Waals surface area contributed by atoms with Crippen LogP contribution in [0.4, 0.5) is 29.6 Å². The van der Waals surface area contributed by atoms with Gasteiger partial charge in [-0.05, 0) is 30.3 Å². The number of carbonyl (C=O) groups is 1. The summed E-state index contributed by atoms with van der Waals surface area (Å²) in [5.41, 5.74) is 0.683. The molecule has 3 rings (SSSR count). The molecule has 0 saturated carbocycles. The van der Waals surface area contributed by atoms with Gasteiger partial charge in [0.25, 0.3) is 0 Å². The number of methoxy groups -OCH3 is 2. The number of hydrogen-bond donors (Lipinski definition) is 2. The first kappa shape index (κ1) is 22.2. The van der Waals surface area contributed by atoms with Crippen LogP contribution < -0.4 is 15.4 Å². The summed E-state index contributed by atoms with van der Waals surface area (Å²) in [5, 5.41) is 4.98. The topological polar surface area (TPSA) is 77.4 Å². The van der Waals surface area contributed by atoms with E-state index in [0.29, 0.717) is 24.6 Å². The van der Waals surface area contributed by atoms with Crippen molar-refractivity contribution in [3.05, 3.63) is 60.3 Å². The van der Waals surface area contributed by atoms with Gasteiger partial charge in [0.2, 0.25) is 5.95 Å². The number of hydrogen-bond acceptors (Lipinski definition) is 4. The van der Waals surface area contributed by atoms with E-state index < -0.39 is 17.8 Å². The third kappa shape index (κ3) is 5.54. The highest BCUT2D eigenvalue weighted by Crippen LogP contribution is 2.31. The molecule has 3 aromatic rings. The van der Waals surface area contributed by atoms with Gasteiger partial charge in [-0.1, -0.05) is 18.2 Å². The molecule has 2 aromatic carbocycles. The number of rotatable bonds is 7. The quantitative estimate of drug-likeness (QED) is 0.556. The van der Waals surface area contributed by atoms with Gasteiger partial charge in [-0.3, -0.25) is 5.32 Å². The minimum atomic E-state index is -4.50. The Hall–Kier alpha value is -3.53. The van der Waals surface area contributed by atoms with Gasteiger partial charge in [0.1, 0.15) is 5.75 Å². The molecule has 7 nitrogen and oxygen atoms in total. The molecule has 0 atom stereocenters. The predicted molar refractivity (Wildman–Crippen MR) is 110 cm³/mol. The van der Waals surface area contributed by atoms with Crippen molar-refractivity contribution in [3.63, 3.8) is 0 Å². The van der Waals surface area contributed by atoms with Crippen molar-refractivity contribution in [2.24, 2.45) is 0 Å². The van der Waals surface area contributed by atoms with Gasteiger partial charge in [-0.2, -0.15) is 13.2 Å². The van der Waals surface area contributed by atoms with Crippen molar-refractivity contribution < 1.29 is 27.4 Å². The number of urea groups is 1. The summed E-state index contributed by atoms with van der Waals surface area (Å²) in [5.74, 6) is 0.883. The maximum absolute atomic E-state index is 12.9. The van der Waals surface area contributed by atoms with E-state index in [4.69, 9.17) is 9.47 Å². The number of nitrogens with one attached hydrogen (secondary N) is 2. The van der Waals surface area contributed by atoms with Crippen LogP contribution in [0.1, 0.15) is 5.56 Å². The number of anilines is 2. The van der Waals surface area contributed by atoms with E-state index >= 15 is 0 Å². The van der Waals surface area contributed by atoms with Crippen LogP contribution in [0.15, 0.2) is 54.7 Å². The van der Waals surface area contributed by atoms with E-state index in [9.17, 15) is 18.0 Å². The van der Waals surface area contributed by atoms with Crippen LogP contribution >= 0.6 is 0 Å². The first-order valence-electron chi connectivity index (χ1n) is 9.26. The van der Waals surface area contributed by atoms with Crippen molar-refractivity contribution >= 4 is 17.7 Å². The highest BCUT2D eigenvalue weighted by Gasteiger charge is 2.30. The van der Waals surface area contributed by atoms with Crippen LogP contribution in [0, 0.1) is 0 Å². The molecule has 0 saturated heterocycles. The number of benzene rings is 2. The zero-order chi connectivity index (χ0) is 22.4. The minimum Gasteiger partial charge on any atom is -0.497 e. The van der Waals surface area contributed by atoms with Crippen molar-refractivity contribution in [1.82, 2.24) is 9.55 Å². The van der Waals surface area contributed by atoms with Crippen LogP contribution in [0.3, 0.4) is 0 Å². The summed E-state index contributed by atoms with van der Waals surface area (Å²) < 4.78 is 50.8. The summed E-state index contributed by atoms with van der Waals surface area (Å²) in [6.45, 7) is 0.749. The van der Waals surface area contributed by atoms with Crippen LogP contribution in [-0.2, 0) is 17.5 Å². The second kappa shape index (κ2) is 9.52. The smallest absolute Gasteiger partial charge is 0.416 e. The number of alkyl halides is 3. The Morgan fingerprint density at radius 2 is 1.87 bits per heavy atom.